The van der Waals surface area contributed by atoms with Gasteiger partial charge in [0.1, 0.15) is 6.26 Å². The smallest absolute Gasteiger partial charge is 0.198 e. The van der Waals surface area contributed by atoms with Gasteiger partial charge in [-0.25, -0.2) is 0 Å². The normalized spacial score (nSPS) is 24.6. The van der Waals surface area contributed by atoms with Crippen molar-refractivity contribution in [1.29, 1.82) is 0 Å². The number of hydrogen-bond donors (Lipinski definition) is 0. The Labute approximate surface area is 100 Å². The van der Waals surface area contributed by atoms with Crippen molar-refractivity contribution < 1.29 is 14.6 Å². The van der Waals surface area contributed by atoms with E-state index < -0.39 is 5.60 Å². The maximum Gasteiger partial charge on any atom is 0.198 e. The summed E-state index contributed by atoms with van der Waals surface area (Å²) in [6.45, 7) is 3.63. The van der Waals surface area contributed by atoms with Crippen LogP contribution in [0.2, 0.25) is 0 Å². The van der Waals surface area contributed by atoms with Crippen molar-refractivity contribution in [2.75, 3.05) is 0 Å². The zero-order valence-corrected chi connectivity index (χ0v) is 9.84. The van der Waals surface area contributed by atoms with Crippen molar-refractivity contribution in [3.05, 3.63) is 54.3 Å². The van der Waals surface area contributed by atoms with Crippen LogP contribution in [0.3, 0.4) is 0 Å². The Balaban J connectivity index is 2.30. The van der Waals surface area contributed by atoms with Gasteiger partial charge in [0.15, 0.2) is 11.4 Å². The molecular formula is C14H14O3. The fraction of sp³-hybridized carbons (Fsp3) is 0.214. The molecule has 0 aliphatic carbocycles. The van der Waals surface area contributed by atoms with Crippen molar-refractivity contribution in [3.63, 3.8) is 0 Å². The highest BCUT2D eigenvalue weighted by atomic mass is 17.2. The highest BCUT2D eigenvalue weighted by molar-refractivity contribution is 5.99. The van der Waals surface area contributed by atoms with Crippen molar-refractivity contribution in [2.24, 2.45) is 0 Å². The van der Waals surface area contributed by atoms with E-state index >= 15 is 0 Å². The molecule has 1 aliphatic rings. The van der Waals surface area contributed by atoms with E-state index in [4.69, 9.17) is 9.78 Å². The second-order valence-electron chi connectivity index (χ2n) is 4.15. The van der Waals surface area contributed by atoms with E-state index in [9.17, 15) is 4.79 Å². The van der Waals surface area contributed by atoms with Gasteiger partial charge in [0.05, 0.1) is 0 Å². The van der Waals surface area contributed by atoms with Crippen molar-refractivity contribution >= 4 is 11.4 Å². The Hall–Kier alpha value is -1.87. The molecule has 3 heteroatoms. The largest absolute Gasteiger partial charge is 0.344 e. The summed E-state index contributed by atoms with van der Waals surface area (Å²) in [7, 11) is 0. The van der Waals surface area contributed by atoms with E-state index in [1.54, 1.807) is 13.0 Å². The molecule has 0 bridgehead atoms. The number of allylic oxidation sites excluding steroid dienone is 1. The van der Waals surface area contributed by atoms with Gasteiger partial charge in [0.2, 0.25) is 0 Å². The van der Waals surface area contributed by atoms with Crippen LogP contribution in [0.25, 0.3) is 5.57 Å². The first-order valence-electron chi connectivity index (χ1n) is 5.42. The minimum Gasteiger partial charge on any atom is -0.344 e. The topological polar surface area (TPSA) is 35.5 Å². The molecule has 3 nitrogen and oxygen atoms in total. The second-order valence-corrected chi connectivity index (χ2v) is 4.15. The van der Waals surface area contributed by atoms with E-state index in [2.05, 4.69) is 0 Å². The summed E-state index contributed by atoms with van der Waals surface area (Å²) in [5, 5.41) is 0. The van der Waals surface area contributed by atoms with Crippen LogP contribution in [0, 0.1) is 0 Å². The van der Waals surface area contributed by atoms with Gasteiger partial charge in [-0.15, -0.1) is 0 Å². The predicted octanol–water partition coefficient (Wildman–Crippen LogP) is 2.89. The number of ketones is 1. The standard InChI is InChI=1S/C14H14O3/c1-11(12-6-4-3-5-7-12)10-14(2)13(15)8-9-16-17-14/h3-10H,1-2H3/b11-10+. The highest BCUT2D eigenvalue weighted by Crippen LogP contribution is 2.24. The Morgan fingerprint density at radius 1 is 1.29 bits per heavy atom. The first-order chi connectivity index (χ1) is 8.12. The molecule has 88 valence electrons. The minimum absolute atomic E-state index is 0.126. The van der Waals surface area contributed by atoms with Crippen LogP contribution >= 0.6 is 0 Å². The molecule has 0 saturated heterocycles. The van der Waals surface area contributed by atoms with Crippen molar-refractivity contribution in [2.45, 2.75) is 19.4 Å². The average molecular weight is 230 g/mol. The molecule has 1 aromatic carbocycles. The van der Waals surface area contributed by atoms with Crippen LogP contribution in [0.4, 0.5) is 0 Å². The van der Waals surface area contributed by atoms with Gasteiger partial charge < -0.3 is 4.89 Å². The lowest BCUT2D eigenvalue weighted by Gasteiger charge is -2.24. The monoisotopic (exact) mass is 230 g/mol. The van der Waals surface area contributed by atoms with Gasteiger partial charge >= 0.3 is 0 Å². The van der Waals surface area contributed by atoms with Gasteiger partial charge in [-0.3, -0.25) is 4.79 Å². The molecule has 0 aromatic heterocycles. The highest BCUT2D eigenvalue weighted by Gasteiger charge is 2.34. The molecular weight excluding hydrogens is 216 g/mol. The van der Waals surface area contributed by atoms with Crippen molar-refractivity contribution in [1.82, 2.24) is 0 Å². The number of rotatable bonds is 2. The molecule has 0 fully saturated rings. The second kappa shape index (κ2) is 4.55. The number of carbonyl (C=O) groups is 1. The molecule has 2 rings (SSSR count). The Bertz CT molecular complexity index is 474. The van der Waals surface area contributed by atoms with Gasteiger partial charge in [0.25, 0.3) is 0 Å². The first-order valence-corrected chi connectivity index (χ1v) is 5.42. The summed E-state index contributed by atoms with van der Waals surface area (Å²) in [5.74, 6) is -0.126. The van der Waals surface area contributed by atoms with Crippen LogP contribution in [-0.4, -0.2) is 11.4 Å². The molecule has 1 unspecified atom stereocenters. The van der Waals surface area contributed by atoms with Gasteiger partial charge in [-0.1, -0.05) is 30.3 Å². The van der Waals surface area contributed by atoms with Gasteiger partial charge in [-0.05, 0) is 31.1 Å². The third kappa shape index (κ3) is 2.45. The number of hydrogen-bond acceptors (Lipinski definition) is 3. The Kier molecular flexibility index (Phi) is 3.11. The predicted molar refractivity (Wildman–Crippen MR) is 64.8 cm³/mol. The minimum atomic E-state index is -1.05. The summed E-state index contributed by atoms with van der Waals surface area (Å²) < 4.78 is 0. The molecule has 0 saturated carbocycles. The van der Waals surface area contributed by atoms with E-state index in [1.807, 2.05) is 37.3 Å². The third-order valence-electron chi connectivity index (χ3n) is 2.71. The summed E-state index contributed by atoms with van der Waals surface area (Å²) in [4.78, 5) is 21.5. The zero-order valence-electron chi connectivity index (χ0n) is 9.84. The van der Waals surface area contributed by atoms with E-state index in [0.717, 1.165) is 11.1 Å². The van der Waals surface area contributed by atoms with E-state index in [1.165, 1.54) is 12.3 Å². The Morgan fingerprint density at radius 3 is 2.65 bits per heavy atom. The summed E-state index contributed by atoms with van der Waals surface area (Å²) in [6.07, 6.45) is 4.39. The van der Waals surface area contributed by atoms with Gasteiger partial charge in [-0.2, -0.15) is 4.89 Å². The summed E-state index contributed by atoms with van der Waals surface area (Å²) >= 11 is 0. The molecule has 0 N–H and O–H groups in total. The molecule has 1 aliphatic heterocycles. The van der Waals surface area contributed by atoms with Crippen molar-refractivity contribution in [3.8, 4) is 0 Å². The third-order valence-corrected chi connectivity index (χ3v) is 2.71. The maximum absolute atomic E-state index is 11.7. The molecule has 1 heterocycles. The SMILES string of the molecule is C/C(=C\C1(C)OOC=CC1=O)c1ccccc1. The molecule has 0 radical (unpaired) electrons. The van der Waals surface area contributed by atoms with E-state index in [0.29, 0.717) is 0 Å². The Morgan fingerprint density at radius 2 is 2.00 bits per heavy atom. The molecule has 0 amide bonds. The van der Waals surface area contributed by atoms with Gasteiger partial charge in [0, 0.05) is 6.08 Å². The summed E-state index contributed by atoms with van der Waals surface area (Å²) in [6, 6.07) is 9.83. The fourth-order valence-electron chi connectivity index (χ4n) is 1.72. The van der Waals surface area contributed by atoms with Crippen LogP contribution in [-0.2, 0) is 14.6 Å². The van der Waals surface area contributed by atoms with Crippen LogP contribution in [0.5, 0.6) is 0 Å². The van der Waals surface area contributed by atoms with Crippen LogP contribution in [0.15, 0.2) is 48.7 Å². The molecule has 0 spiro atoms. The summed E-state index contributed by atoms with van der Waals surface area (Å²) in [5.41, 5.74) is 0.981. The lowest BCUT2D eigenvalue weighted by Crippen LogP contribution is -2.37. The van der Waals surface area contributed by atoms with E-state index in [-0.39, 0.29) is 5.78 Å². The average Bonchev–Trinajstić information content (AvgIpc) is 2.34. The number of carbonyl (C=O) groups excluding carboxylic acids is 1. The zero-order chi connectivity index (χ0) is 12.3. The molecule has 1 aromatic rings. The van der Waals surface area contributed by atoms with Crippen LogP contribution in [0.1, 0.15) is 19.4 Å². The first kappa shape index (κ1) is 11.6. The lowest BCUT2D eigenvalue weighted by molar-refractivity contribution is -0.300. The molecule has 1 atom stereocenters. The lowest BCUT2D eigenvalue weighted by atomic mass is 9.95. The quantitative estimate of drug-likeness (QED) is 0.733. The fourth-order valence-corrected chi connectivity index (χ4v) is 1.72. The maximum atomic E-state index is 11.7. The number of benzene rings is 1. The van der Waals surface area contributed by atoms with Crippen LogP contribution < -0.4 is 0 Å². The molecule has 17 heavy (non-hydrogen) atoms.